The first-order chi connectivity index (χ1) is 9.97. The molecule has 2 heterocycles. The molecule has 0 aromatic heterocycles. The molecule has 0 aliphatic carbocycles. The summed E-state index contributed by atoms with van der Waals surface area (Å²) < 4.78 is 10.5. The Morgan fingerprint density at radius 1 is 1.38 bits per heavy atom. The summed E-state index contributed by atoms with van der Waals surface area (Å²) in [6.07, 6.45) is 0. The van der Waals surface area contributed by atoms with Gasteiger partial charge in [-0.25, -0.2) is 4.79 Å². The van der Waals surface area contributed by atoms with E-state index in [1.54, 1.807) is 12.1 Å². The zero-order valence-electron chi connectivity index (χ0n) is 11.7. The number of carbonyl (C=O) groups excluding carboxylic acids is 2. The zero-order chi connectivity index (χ0) is 15.1. The average Bonchev–Trinajstić information content (AvgIpc) is 2.98. The Bertz CT molecular complexity index is 617. The predicted molar refractivity (Wildman–Crippen MR) is 75.3 cm³/mol. The molecule has 21 heavy (non-hydrogen) atoms. The number of hydrogen-bond donors (Lipinski definition) is 1. The normalized spacial score (nSPS) is 20.4. The maximum atomic E-state index is 12.2. The van der Waals surface area contributed by atoms with Crippen molar-refractivity contribution < 1.29 is 19.1 Å². The number of rotatable bonds is 3. The first kappa shape index (κ1) is 14.0. The fourth-order valence-electron chi connectivity index (χ4n) is 2.44. The quantitative estimate of drug-likeness (QED) is 0.869. The molecule has 112 valence electrons. The lowest BCUT2D eigenvalue weighted by Crippen LogP contribution is -2.34. The molecule has 3 rings (SSSR count). The van der Waals surface area contributed by atoms with Gasteiger partial charge in [-0.15, -0.1) is 0 Å². The van der Waals surface area contributed by atoms with Gasteiger partial charge in [0.25, 0.3) is 5.91 Å². The third-order valence-corrected chi connectivity index (χ3v) is 3.83. The van der Waals surface area contributed by atoms with Crippen LogP contribution < -0.4 is 14.8 Å². The SMILES string of the molecule is CC(C)[C@@H]1NC(=O)N(Cc2cc(Cl)c3c(c2)OCO3)C1=O. The Morgan fingerprint density at radius 2 is 2.14 bits per heavy atom. The Hall–Kier alpha value is -1.95. The highest BCUT2D eigenvalue weighted by atomic mass is 35.5. The first-order valence-corrected chi connectivity index (χ1v) is 7.05. The molecule has 0 saturated carbocycles. The summed E-state index contributed by atoms with van der Waals surface area (Å²) in [6.45, 7) is 4.06. The molecule has 1 N–H and O–H groups in total. The number of halogens is 1. The second-order valence-corrected chi connectivity index (χ2v) is 5.81. The van der Waals surface area contributed by atoms with E-state index in [1.165, 1.54) is 4.90 Å². The number of carbonyl (C=O) groups is 2. The summed E-state index contributed by atoms with van der Waals surface area (Å²) in [5.74, 6) is 0.859. The molecule has 1 fully saturated rings. The van der Waals surface area contributed by atoms with Crippen molar-refractivity contribution in [2.24, 2.45) is 5.92 Å². The van der Waals surface area contributed by atoms with Crippen LogP contribution in [-0.4, -0.2) is 29.7 Å². The Kier molecular flexibility index (Phi) is 3.41. The lowest BCUT2D eigenvalue weighted by molar-refractivity contribution is -0.128. The number of ether oxygens (including phenoxy) is 2. The van der Waals surface area contributed by atoms with Gasteiger partial charge in [0.1, 0.15) is 6.04 Å². The van der Waals surface area contributed by atoms with Crippen molar-refractivity contribution in [1.29, 1.82) is 0 Å². The van der Waals surface area contributed by atoms with Crippen LogP contribution >= 0.6 is 11.6 Å². The molecule has 0 unspecified atom stereocenters. The molecule has 7 heteroatoms. The van der Waals surface area contributed by atoms with E-state index in [9.17, 15) is 9.59 Å². The van der Waals surface area contributed by atoms with Gasteiger partial charge in [-0.1, -0.05) is 25.4 Å². The van der Waals surface area contributed by atoms with Crippen LogP contribution in [-0.2, 0) is 11.3 Å². The number of fused-ring (bicyclic) bond motifs is 1. The van der Waals surface area contributed by atoms with Gasteiger partial charge < -0.3 is 14.8 Å². The third-order valence-electron chi connectivity index (χ3n) is 3.55. The lowest BCUT2D eigenvalue weighted by Gasteiger charge is -2.15. The minimum absolute atomic E-state index is 0.0480. The van der Waals surface area contributed by atoms with Gasteiger partial charge in [-0.2, -0.15) is 0 Å². The van der Waals surface area contributed by atoms with E-state index < -0.39 is 6.04 Å². The van der Waals surface area contributed by atoms with E-state index in [4.69, 9.17) is 21.1 Å². The van der Waals surface area contributed by atoms with Crippen LogP contribution in [0, 0.1) is 5.92 Å². The van der Waals surface area contributed by atoms with Crippen LogP contribution in [0.5, 0.6) is 11.5 Å². The summed E-state index contributed by atoms with van der Waals surface area (Å²) in [6, 6.07) is 2.56. The van der Waals surface area contributed by atoms with Gasteiger partial charge in [0.2, 0.25) is 6.79 Å². The highest BCUT2D eigenvalue weighted by Crippen LogP contribution is 2.40. The Balaban J connectivity index is 1.83. The van der Waals surface area contributed by atoms with Gasteiger partial charge >= 0.3 is 6.03 Å². The molecule has 1 aromatic carbocycles. The fourth-order valence-corrected chi connectivity index (χ4v) is 2.72. The molecule has 1 aromatic rings. The van der Waals surface area contributed by atoms with Gasteiger partial charge in [0.05, 0.1) is 11.6 Å². The summed E-state index contributed by atoms with van der Waals surface area (Å²) >= 11 is 6.10. The molecule has 0 bridgehead atoms. The van der Waals surface area contributed by atoms with Crippen molar-refractivity contribution in [3.05, 3.63) is 22.7 Å². The van der Waals surface area contributed by atoms with Crippen LogP contribution in [0.2, 0.25) is 5.02 Å². The number of hydrogen-bond acceptors (Lipinski definition) is 4. The highest BCUT2D eigenvalue weighted by Gasteiger charge is 2.39. The fraction of sp³-hybridized carbons (Fsp3) is 0.429. The van der Waals surface area contributed by atoms with E-state index in [2.05, 4.69) is 5.32 Å². The van der Waals surface area contributed by atoms with Gasteiger partial charge in [0.15, 0.2) is 11.5 Å². The number of imide groups is 1. The van der Waals surface area contributed by atoms with Gasteiger partial charge in [-0.3, -0.25) is 9.69 Å². The van der Waals surface area contributed by atoms with Crippen molar-refractivity contribution in [2.75, 3.05) is 6.79 Å². The molecule has 3 amide bonds. The standard InChI is InChI=1S/C14H15ClN2O4/c1-7(2)11-13(18)17(14(19)16-11)5-8-3-9(15)12-10(4-8)20-6-21-12/h3-4,7,11H,5-6H2,1-2H3,(H,16,19)/t11-/m0/s1. The second kappa shape index (κ2) is 5.11. The van der Waals surface area contributed by atoms with Crippen LogP contribution in [0.1, 0.15) is 19.4 Å². The predicted octanol–water partition coefficient (Wildman–Crippen LogP) is 2.15. The molecule has 0 spiro atoms. The molecule has 1 saturated heterocycles. The van der Waals surface area contributed by atoms with E-state index in [1.807, 2.05) is 13.8 Å². The van der Waals surface area contributed by atoms with Crippen molar-refractivity contribution in [2.45, 2.75) is 26.4 Å². The highest BCUT2D eigenvalue weighted by molar-refractivity contribution is 6.32. The van der Waals surface area contributed by atoms with Crippen molar-refractivity contribution in [1.82, 2.24) is 10.2 Å². The molecular formula is C14H15ClN2O4. The molecule has 2 aliphatic rings. The average molecular weight is 311 g/mol. The van der Waals surface area contributed by atoms with E-state index in [0.29, 0.717) is 16.5 Å². The maximum absolute atomic E-state index is 12.2. The molecule has 0 radical (unpaired) electrons. The van der Waals surface area contributed by atoms with E-state index >= 15 is 0 Å². The van der Waals surface area contributed by atoms with Crippen LogP contribution in [0.25, 0.3) is 0 Å². The smallest absolute Gasteiger partial charge is 0.325 e. The molecule has 1 atom stereocenters. The number of amides is 3. The molecular weight excluding hydrogens is 296 g/mol. The summed E-state index contributed by atoms with van der Waals surface area (Å²) in [4.78, 5) is 25.4. The van der Waals surface area contributed by atoms with Crippen LogP contribution in [0.3, 0.4) is 0 Å². The largest absolute Gasteiger partial charge is 0.454 e. The summed E-state index contributed by atoms with van der Waals surface area (Å²) in [7, 11) is 0. The second-order valence-electron chi connectivity index (χ2n) is 5.41. The monoisotopic (exact) mass is 310 g/mol. The van der Waals surface area contributed by atoms with E-state index in [0.717, 1.165) is 5.56 Å². The number of urea groups is 1. The first-order valence-electron chi connectivity index (χ1n) is 6.67. The van der Waals surface area contributed by atoms with E-state index in [-0.39, 0.29) is 31.2 Å². The number of nitrogens with one attached hydrogen (secondary N) is 1. The van der Waals surface area contributed by atoms with Crippen molar-refractivity contribution in [3.8, 4) is 11.5 Å². The van der Waals surface area contributed by atoms with Crippen LogP contribution in [0.4, 0.5) is 4.79 Å². The molecule has 6 nitrogen and oxygen atoms in total. The number of benzene rings is 1. The van der Waals surface area contributed by atoms with Gasteiger partial charge in [0, 0.05) is 0 Å². The summed E-state index contributed by atoms with van der Waals surface area (Å²) in [5.41, 5.74) is 0.720. The number of nitrogens with zero attached hydrogens (tertiary/aromatic N) is 1. The summed E-state index contributed by atoms with van der Waals surface area (Å²) in [5, 5.41) is 3.10. The topological polar surface area (TPSA) is 67.9 Å². The van der Waals surface area contributed by atoms with Crippen LogP contribution in [0.15, 0.2) is 12.1 Å². The van der Waals surface area contributed by atoms with Crippen molar-refractivity contribution in [3.63, 3.8) is 0 Å². The third kappa shape index (κ3) is 2.40. The molecule has 2 aliphatic heterocycles. The Morgan fingerprint density at radius 3 is 2.81 bits per heavy atom. The van der Waals surface area contributed by atoms with Crippen molar-refractivity contribution >= 4 is 23.5 Å². The lowest BCUT2D eigenvalue weighted by atomic mass is 10.0. The minimum Gasteiger partial charge on any atom is -0.454 e. The maximum Gasteiger partial charge on any atom is 0.325 e. The zero-order valence-corrected chi connectivity index (χ0v) is 12.4. The Labute approximate surface area is 127 Å². The van der Waals surface area contributed by atoms with Gasteiger partial charge in [-0.05, 0) is 23.6 Å². The minimum atomic E-state index is -0.470.